The molecule has 2 atom stereocenters. The third-order valence-corrected chi connectivity index (χ3v) is 2.59. The van der Waals surface area contributed by atoms with E-state index >= 15 is 0 Å². The average molecular weight is 185 g/mol. The van der Waals surface area contributed by atoms with E-state index in [1.165, 1.54) is 0 Å². The summed E-state index contributed by atoms with van der Waals surface area (Å²) in [5.41, 5.74) is -1.20. The van der Waals surface area contributed by atoms with Crippen LogP contribution in [0.2, 0.25) is 0 Å². The first-order valence-corrected chi connectivity index (χ1v) is 4.40. The maximum atomic E-state index is 11.0. The van der Waals surface area contributed by atoms with Gasteiger partial charge in [-0.3, -0.25) is 4.79 Å². The van der Waals surface area contributed by atoms with Crippen molar-refractivity contribution in [3.63, 3.8) is 0 Å². The van der Waals surface area contributed by atoms with Crippen LogP contribution in [0.25, 0.3) is 0 Å². The van der Waals surface area contributed by atoms with Crippen LogP contribution in [-0.2, 0) is 4.79 Å². The molecule has 0 aliphatic heterocycles. The van der Waals surface area contributed by atoms with Crippen molar-refractivity contribution < 1.29 is 15.0 Å². The van der Waals surface area contributed by atoms with E-state index in [-0.39, 0.29) is 0 Å². The van der Waals surface area contributed by atoms with Gasteiger partial charge in [0.1, 0.15) is 11.6 Å². The molecule has 0 radical (unpaired) electrons. The van der Waals surface area contributed by atoms with E-state index in [0.29, 0.717) is 6.42 Å². The van der Waals surface area contributed by atoms with Crippen molar-refractivity contribution in [2.75, 3.05) is 7.05 Å². The Labute approximate surface area is 77.3 Å². The third kappa shape index (κ3) is 1.73. The summed E-state index contributed by atoms with van der Waals surface area (Å²) in [7, 11) is 1.57. The molecule has 1 rings (SSSR count). The molecule has 0 aromatic heterocycles. The van der Waals surface area contributed by atoms with Gasteiger partial charge in [-0.15, -0.1) is 0 Å². The van der Waals surface area contributed by atoms with Gasteiger partial charge >= 0.3 is 5.97 Å². The zero-order valence-corrected chi connectivity index (χ0v) is 7.66. The molecule has 2 unspecified atom stereocenters. The van der Waals surface area contributed by atoms with Gasteiger partial charge in [-0.1, -0.05) is 12.2 Å². The summed E-state index contributed by atoms with van der Waals surface area (Å²) in [6, 6.07) is 0. The summed E-state index contributed by atoms with van der Waals surface area (Å²) in [5, 5.41) is 21.4. The molecule has 0 fully saturated rings. The number of allylic oxidation sites excluding steroid dienone is 1. The molecule has 0 aromatic rings. The minimum absolute atomic E-state index is 0.451. The second kappa shape index (κ2) is 3.89. The van der Waals surface area contributed by atoms with Gasteiger partial charge in [0.25, 0.3) is 0 Å². The molecule has 0 saturated heterocycles. The standard InChI is InChI=1S/C9H15NO3/c1-10-9(8(12)13)6-4-2-3-5-7(9)11/h3,5,7,10-11H,2,4,6H2,1H3,(H,12,13). The maximum Gasteiger partial charge on any atom is 0.326 e. The minimum atomic E-state index is -1.20. The Hall–Kier alpha value is -0.870. The van der Waals surface area contributed by atoms with E-state index in [1.54, 1.807) is 13.1 Å². The number of aliphatic hydroxyl groups is 1. The fraction of sp³-hybridized carbons (Fsp3) is 0.667. The molecule has 74 valence electrons. The quantitative estimate of drug-likeness (QED) is 0.535. The monoisotopic (exact) mass is 185 g/mol. The number of likely N-dealkylation sites (N-methyl/N-ethyl adjacent to an activating group) is 1. The lowest BCUT2D eigenvalue weighted by Gasteiger charge is -2.31. The van der Waals surface area contributed by atoms with Crippen LogP contribution in [0, 0.1) is 0 Å². The van der Waals surface area contributed by atoms with Gasteiger partial charge in [0.2, 0.25) is 0 Å². The summed E-state index contributed by atoms with van der Waals surface area (Å²) in [6.45, 7) is 0. The van der Waals surface area contributed by atoms with E-state index < -0.39 is 17.6 Å². The Morgan fingerprint density at radius 2 is 2.38 bits per heavy atom. The highest BCUT2D eigenvalue weighted by Crippen LogP contribution is 2.23. The van der Waals surface area contributed by atoms with E-state index in [4.69, 9.17) is 5.11 Å². The number of hydrogen-bond acceptors (Lipinski definition) is 3. The predicted octanol–water partition coefficient (Wildman–Crippen LogP) is 0.130. The lowest BCUT2D eigenvalue weighted by molar-refractivity contribution is -0.149. The van der Waals surface area contributed by atoms with Crippen LogP contribution >= 0.6 is 0 Å². The van der Waals surface area contributed by atoms with E-state index in [0.717, 1.165) is 12.8 Å². The lowest BCUT2D eigenvalue weighted by atomic mass is 9.88. The molecule has 3 N–H and O–H groups in total. The normalized spacial score (nSPS) is 34.2. The number of nitrogens with one attached hydrogen (secondary N) is 1. The molecule has 0 heterocycles. The van der Waals surface area contributed by atoms with Crippen LogP contribution in [0.4, 0.5) is 0 Å². The van der Waals surface area contributed by atoms with Crippen molar-refractivity contribution in [2.24, 2.45) is 0 Å². The largest absolute Gasteiger partial charge is 0.480 e. The SMILES string of the molecule is CNC1(C(=O)O)CCCC=CC1O. The summed E-state index contributed by atoms with van der Waals surface area (Å²) in [4.78, 5) is 11.0. The van der Waals surface area contributed by atoms with Crippen LogP contribution in [0.5, 0.6) is 0 Å². The van der Waals surface area contributed by atoms with Crippen LogP contribution < -0.4 is 5.32 Å². The maximum absolute atomic E-state index is 11.0. The molecule has 0 bridgehead atoms. The molecular formula is C9H15NO3. The number of rotatable bonds is 2. The molecule has 4 nitrogen and oxygen atoms in total. The van der Waals surface area contributed by atoms with E-state index in [1.807, 2.05) is 6.08 Å². The number of carboxylic acids is 1. The zero-order chi connectivity index (χ0) is 9.90. The summed E-state index contributed by atoms with van der Waals surface area (Å²) < 4.78 is 0. The van der Waals surface area contributed by atoms with Crippen LogP contribution in [0.1, 0.15) is 19.3 Å². The van der Waals surface area contributed by atoms with Crippen LogP contribution in [0.3, 0.4) is 0 Å². The smallest absolute Gasteiger partial charge is 0.326 e. The molecule has 0 aromatic carbocycles. The van der Waals surface area contributed by atoms with Crippen LogP contribution in [-0.4, -0.2) is 34.9 Å². The second-order valence-electron chi connectivity index (χ2n) is 3.29. The number of carboxylic acid groups (broad SMARTS) is 1. The van der Waals surface area contributed by atoms with Crippen LogP contribution in [0.15, 0.2) is 12.2 Å². The van der Waals surface area contributed by atoms with Gasteiger partial charge in [0.05, 0.1) is 0 Å². The Bertz CT molecular complexity index is 227. The average Bonchev–Trinajstić information content (AvgIpc) is 2.27. The summed E-state index contributed by atoms with van der Waals surface area (Å²) in [6.07, 6.45) is 4.49. The molecule has 13 heavy (non-hydrogen) atoms. The van der Waals surface area contributed by atoms with Gasteiger partial charge in [0.15, 0.2) is 0 Å². The molecule has 0 amide bonds. The first-order chi connectivity index (χ1) is 6.13. The molecule has 0 spiro atoms. The zero-order valence-electron chi connectivity index (χ0n) is 7.66. The Morgan fingerprint density at radius 1 is 1.69 bits per heavy atom. The van der Waals surface area contributed by atoms with Gasteiger partial charge in [-0.25, -0.2) is 0 Å². The first kappa shape index (κ1) is 10.2. The summed E-state index contributed by atoms with van der Waals surface area (Å²) >= 11 is 0. The third-order valence-electron chi connectivity index (χ3n) is 2.59. The van der Waals surface area contributed by atoms with Crippen molar-refractivity contribution in [2.45, 2.75) is 30.9 Å². The Morgan fingerprint density at radius 3 is 2.92 bits per heavy atom. The molecule has 4 heteroatoms. The Kier molecular flexibility index (Phi) is 3.06. The summed E-state index contributed by atoms with van der Waals surface area (Å²) in [5.74, 6) is -0.992. The van der Waals surface area contributed by atoms with E-state index in [2.05, 4.69) is 5.32 Å². The minimum Gasteiger partial charge on any atom is -0.480 e. The molecular weight excluding hydrogens is 170 g/mol. The number of carbonyl (C=O) groups is 1. The van der Waals surface area contributed by atoms with Crippen molar-refractivity contribution in [3.8, 4) is 0 Å². The fourth-order valence-electron chi connectivity index (χ4n) is 1.65. The van der Waals surface area contributed by atoms with Gasteiger partial charge in [-0.2, -0.15) is 0 Å². The van der Waals surface area contributed by atoms with Crippen molar-refractivity contribution in [3.05, 3.63) is 12.2 Å². The number of hydrogen-bond donors (Lipinski definition) is 3. The van der Waals surface area contributed by atoms with Crippen molar-refractivity contribution in [1.82, 2.24) is 5.32 Å². The van der Waals surface area contributed by atoms with Gasteiger partial charge < -0.3 is 15.5 Å². The molecule has 1 aliphatic carbocycles. The molecule has 1 aliphatic rings. The lowest BCUT2D eigenvalue weighted by Crippen LogP contribution is -2.58. The first-order valence-electron chi connectivity index (χ1n) is 4.40. The predicted molar refractivity (Wildman–Crippen MR) is 48.4 cm³/mol. The van der Waals surface area contributed by atoms with Gasteiger partial charge in [0, 0.05) is 0 Å². The topological polar surface area (TPSA) is 69.6 Å². The van der Waals surface area contributed by atoms with Crippen molar-refractivity contribution in [1.29, 1.82) is 0 Å². The number of aliphatic hydroxyl groups excluding tert-OH is 1. The van der Waals surface area contributed by atoms with Gasteiger partial charge in [-0.05, 0) is 26.3 Å². The highest BCUT2D eigenvalue weighted by molar-refractivity contribution is 5.80. The Balaban J connectivity index is 2.93. The fourth-order valence-corrected chi connectivity index (χ4v) is 1.65. The molecule has 0 saturated carbocycles. The number of aliphatic carboxylic acids is 1. The highest BCUT2D eigenvalue weighted by Gasteiger charge is 2.43. The second-order valence-corrected chi connectivity index (χ2v) is 3.29. The van der Waals surface area contributed by atoms with E-state index in [9.17, 15) is 9.90 Å². The highest BCUT2D eigenvalue weighted by atomic mass is 16.4. The van der Waals surface area contributed by atoms with Crippen molar-refractivity contribution >= 4 is 5.97 Å².